The Balaban J connectivity index is 1.55. The van der Waals surface area contributed by atoms with E-state index < -0.39 is 25.3 Å². The molecule has 33 heavy (non-hydrogen) atoms. The zero-order chi connectivity index (χ0) is 24.4. The van der Waals surface area contributed by atoms with E-state index in [1.807, 2.05) is 13.8 Å². The fourth-order valence-corrected chi connectivity index (χ4v) is 6.84. The lowest BCUT2D eigenvalue weighted by Crippen LogP contribution is -2.48. The van der Waals surface area contributed by atoms with E-state index in [1.54, 1.807) is 26.0 Å². The normalized spacial score (nSPS) is 27.4. The second-order valence-corrected chi connectivity index (χ2v) is 13.6. The minimum absolute atomic E-state index is 0.133. The molecule has 1 saturated heterocycles. The molecule has 186 valence electrons. The van der Waals surface area contributed by atoms with Crippen molar-refractivity contribution in [2.45, 2.75) is 81.8 Å². The van der Waals surface area contributed by atoms with Crippen LogP contribution in [0.3, 0.4) is 0 Å². The average molecular weight is 502 g/mol. The Morgan fingerprint density at radius 2 is 1.52 bits per heavy atom. The number of hydrogen-bond donors (Lipinski definition) is 2. The summed E-state index contributed by atoms with van der Waals surface area (Å²) >= 11 is 0. The summed E-state index contributed by atoms with van der Waals surface area (Å²) in [6, 6.07) is 6.07. The standard InChI is InChI=1S/C22H35N3O6S2/c1-15(2)32(27,28)24-20-7-5-18(6-8-20)22(26)23-19-9-11-21(12-10-19)33(29,30)25-13-16(3)31-17(4)14-25/h9-12,15-18,20,24H,5-8,13-14H2,1-4H3,(H,23,26)/t16-,17+,18-,20-. The van der Waals surface area contributed by atoms with E-state index in [-0.39, 0.29) is 35.0 Å². The smallest absolute Gasteiger partial charge is 0.243 e. The lowest BCUT2D eigenvalue weighted by Gasteiger charge is -2.34. The Bertz CT molecular complexity index is 1020. The molecule has 9 nitrogen and oxygen atoms in total. The number of anilines is 1. The fraction of sp³-hybridized carbons (Fsp3) is 0.682. The van der Waals surface area contributed by atoms with Crippen LogP contribution < -0.4 is 10.0 Å². The molecule has 1 aliphatic carbocycles. The number of ether oxygens (including phenoxy) is 1. The molecule has 1 aliphatic heterocycles. The van der Waals surface area contributed by atoms with Crippen molar-refractivity contribution in [1.82, 2.24) is 9.03 Å². The lowest BCUT2D eigenvalue weighted by atomic mass is 9.86. The Morgan fingerprint density at radius 3 is 2.03 bits per heavy atom. The van der Waals surface area contributed by atoms with Gasteiger partial charge in [-0.1, -0.05) is 0 Å². The van der Waals surface area contributed by atoms with Crippen molar-refractivity contribution in [3.05, 3.63) is 24.3 Å². The van der Waals surface area contributed by atoms with E-state index in [1.165, 1.54) is 16.4 Å². The van der Waals surface area contributed by atoms with Crippen LogP contribution in [0.4, 0.5) is 5.69 Å². The molecular formula is C22H35N3O6S2. The summed E-state index contributed by atoms with van der Waals surface area (Å²) in [5.74, 6) is -0.337. The van der Waals surface area contributed by atoms with Crippen LogP contribution in [0.15, 0.2) is 29.2 Å². The van der Waals surface area contributed by atoms with Gasteiger partial charge in [0.2, 0.25) is 26.0 Å². The monoisotopic (exact) mass is 501 g/mol. The van der Waals surface area contributed by atoms with Crippen LogP contribution >= 0.6 is 0 Å². The summed E-state index contributed by atoms with van der Waals surface area (Å²) in [7, 11) is -6.96. The van der Waals surface area contributed by atoms with Gasteiger partial charge in [-0.25, -0.2) is 21.6 Å². The molecule has 2 fully saturated rings. The Hall–Kier alpha value is -1.53. The number of nitrogens with zero attached hydrogens (tertiary/aromatic N) is 1. The van der Waals surface area contributed by atoms with Crippen molar-refractivity contribution in [2.24, 2.45) is 5.92 Å². The SMILES string of the molecule is CC(C)S(=O)(=O)N[C@H]1CC[C@H](C(=O)Nc2ccc(S(=O)(=O)N3C[C@@H](C)O[C@@H](C)C3)cc2)CC1. The number of benzene rings is 1. The molecule has 1 heterocycles. The summed E-state index contributed by atoms with van der Waals surface area (Å²) < 4.78 is 59.8. The molecule has 0 bridgehead atoms. The van der Waals surface area contributed by atoms with Crippen LogP contribution in [-0.4, -0.2) is 63.6 Å². The molecule has 1 aromatic carbocycles. The van der Waals surface area contributed by atoms with Crippen LogP contribution in [-0.2, 0) is 29.6 Å². The number of morpholine rings is 1. The summed E-state index contributed by atoms with van der Waals surface area (Å²) in [6.45, 7) is 7.59. The van der Waals surface area contributed by atoms with Gasteiger partial charge in [-0.2, -0.15) is 4.31 Å². The van der Waals surface area contributed by atoms with E-state index >= 15 is 0 Å². The van der Waals surface area contributed by atoms with Gasteiger partial charge in [0.25, 0.3) is 0 Å². The number of amides is 1. The second-order valence-electron chi connectivity index (χ2n) is 9.35. The van der Waals surface area contributed by atoms with Crippen LogP contribution in [0.2, 0.25) is 0 Å². The van der Waals surface area contributed by atoms with Crippen molar-refractivity contribution in [1.29, 1.82) is 0 Å². The number of carbonyl (C=O) groups excluding carboxylic acids is 1. The molecule has 1 saturated carbocycles. The van der Waals surface area contributed by atoms with Gasteiger partial charge >= 0.3 is 0 Å². The predicted molar refractivity (Wildman–Crippen MR) is 127 cm³/mol. The largest absolute Gasteiger partial charge is 0.373 e. The van der Waals surface area contributed by atoms with Crippen molar-refractivity contribution in [2.75, 3.05) is 18.4 Å². The van der Waals surface area contributed by atoms with Crippen molar-refractivity contribution in [3.63, 3.8) is 0 Å². The van der Waals surface area contributed by atoms with Crippen molar-refractivity contribution < 1.29 is 26.4 Å². The highest BCUT2D eigenvalue weighted by Crippen LogP contribution is 2.27. The van der Waals surface area contributed by atoms with Gasteiger partial charge < -0.3 is 10.1 Å². The average Bonchev–Trinajstić information content (AvgIpc) is 2.73. The van der Waals surface area contributed by atoms with Gasteiger partial charge in [0, 0.05) is 30.7 Å². The highest BCUT2D eigenvalue weighted by atomic mass is 32.2. The summed E-state index contributed by atoms with van der Waals surface area (Å²) in [5.41, 5.74) is 0.533. The molecule has 0 radical (unpaired) electrons. The van der Waals surface area contributed by atoms with E-state index in [0.717, 1.165) is 0 Å². The number of hydrogen-bond acceptors (Lipinski definition) is 6. The van der Waals surface area contributed by atoms with Gasteiger partial charge in [0.05, 0.1) is 22.4 Å². The number of nitrogens with one attached hydrogen (secondary N) is 2. The molecule has 0 unspecified atom stereocenters. The van der Waals surface area contributed by atoms with Gasteiger partial charge in [-0.15, -0.1) is 0 Å². The van der Waals surface area contributed by atoms with Crippen LogP contribution in [0, 0.1) is 5.92 Å². The molecule has 1 aromatic rings. The molecule has 0 spiro atoms. The maximum atomic E-state index is 13.0. The zero-order valence-electron chi connectivity index (χ0n) is 19.7. The molecule has 2 atom stereocenters. The zero-order valence-corrected chi connectivity index (χ0v) is 21.3. The topological polar surface area (TPSA) is 122 Å². The minimum Gasteiger partial charge on any atom is -0.373 e. The van der Waals surface area contributed by atoms with Crippen LogP contribution in [0.1, 0.15) is 53.4 Å². The maximum absolute atomic E-state index is 13.0. The maximum Gasteiger partial charge on any atom is 0.243 e. The number of rotatable bonds is 7. The molecule has 0 aromatic heterocycles. The summed E-state index contributed by atoms with van der Waals surface area (Å²) in [4.78, 5) is 12.9. The van der Waals surface area contributed by atoms with Gasteiger partial charge in [0.15, 0.2) is 0 Å². The molecule has 1 amide bonds. The predicted octanol–water partition coefficient (Wildman–Crippen LogP) is 2.31. The Kier molecular flexibility index (Phi) is 8.21. The quantitative estimate of drug-likeness (QED) is 0.591. The fourth-order valence-electron chi connectivity index (χ4n) is 4.27. The molecule has 2 N–H and O–H groups in total. The first-order chi connectivity index (χ1) is 15.4. The van der Waals surface area contributed by atoms with E-state index in [9.17, 15) is 21.6 Å². The first-order valence-electron chi connectivity index (χ1n) is 11.5. The summed E-state index contributed by atoms with van der Waals surface area (Å²) in [5, 5.41) is 2.37. The minimum atomic E-state index is -3.64. The third kappa shape index (κ3) is 6.54. The molecule has 11 heteroatoms. The third-order valence-corrected chi connectivity index (χ3v) is 9.94. The molecular weight excluding hydrogens is 466 g/mol. The third-order valence-electron chi connectivity index (χ3n) is 6.20. The van der Waals surface area contributed by atoms with Crippen molar-refractivity contribution >= 4 is 31.6 Å². The number of carbonyl (C=O) groups is 1. The second kappa shape index (κ2) is 10.4. The van der Waals surface area contributed by atoms with Gasteiger partial charge in [-0.05, 0) is 77.6 Å². The van der Waals surface area contributed by atoms with E-state index in [4.69, 9.17) is 4.74 Å². The van der Waals surface area contributed by atoms with Crippen LogP contribution in [0.5, 0.6) is 0 Å². The highest BCUT2D eigenvalue weighted by molar-refractivity contribution is 7.90. The van der Waals surface area contributed by atoms with E-state index in [0.29, 0.717) is 44.5 Å². The first-order valence-corrected chi connectivity index (χ1v) is 14.4. The molecule has 2 aliphatic rings. The highest BCUT2D eigenvalue weighted by Gasteiger charge is 2.32. The summed E-state index contributed by atoms with van der Waals surface area (Å²) in [6.07, 6.45) is 2.07. The van der Waals surface area contributed by atoms with Crippen molar-refractivity contribution in [3.8, 4) is 0 Å². The van der Waals surface area contributed by atoms with Gasteiger partial charge in [0.1, 0.15) is 0 Å². The molecule has 3 rings (SSSR count). The lowest BCUT2D eigenvalue weighted by molar-refractivity contribution is -0.120. The van der Waals surface area contributed by atoms with E-state index in [2.05, 4.69) is 10.0 Å². The number of sulfonamides is 2. The van der Waals surface area contributed by atoms with Crippen LogP contribution in [0.25, 0.3) is 0 Å². The van der Waals surface area contributed by atoms with Gasteiger partial charge in [-0.3, -0.25) is 4.79 Å². The Labute approximate surface area is 197 Å². The Morgan fingerprint density at radius 1 is 0.970 bits per heavy atom. The first kappa shape index (κ1) is 26.1.